The predicted molar refractivity (Wildman–Crippen MR) is 84.7 cm³/mol. The summed E-state index contributed by atoms with van der Waals surface area (Å²) in [7, 11) is 1.74. The van der Waals surface area contributed by atoms with Gasteiger partial charge in [0.05, 0.1) is 6.42 Å². The van der Waals surface area contributed by atoms with Gasteiger partial charge in [-0.3, -0.25) is 4.79 Å². The van der Waals surface area contributed by atoms with Crippen molar-refractivity contribution in [2.45, 2.75) is 45.7 Å². The number of hydrogen-bond donors (Lipinski definition) is 2. The third-order valence-electron chi connectivity index (χ3n) is 3.57. The van der Waals surface area contributed by atoms with Gasteiger partial charge in [0.2, 0.25) is 0 Å². The number of amides is 2. The molecule has 2 atom stereocenters. The SMILES string of the molecule is CC(C)C(CC(=O)O)NC(=O)N(C)C(C)Cc1cccs1. The first kappa shape index (κ1) is 17.5. The highest BCUT2D eigenvalue weighted by Crippen LogP contribution is 2.14. The van der Waals surface area contributed by atoms with Crippen LogP contribution in [0.5, 0.6) is 0 Å². The number of aliphatic carboxylic acids is 1. The first-order chi connectivity index (χ1) is 9.81. The molecule has 0 saturated carbocycles. The third kappa shape index (κ3) is 5.75. The number of hydrogen-bond acceptors (Lipinski definition) is 3. The van der Waals surface area contributed by atoms with E-state index in [1.165, 1.54) is 4.88 Å². The quantitative estimate of drug-likeness (QED) is 0.813. The maximum atomic E-state index is 12.2. The van der Waals surface area contributed by atoms with E-state index in [9.17, 15) is 9.59 Å². The molecule has 0 spiro atoms. The van der Waals surface area contributed by atoms with Crippen molar-refractivity contribution >= 4 is 23.3 Å². The predicted octanol–water partition coefficient (Wildman–Crippen LogP) is 2.82. The lowest BCUT2D eigenvalue weighted by atomic mass is 10.0. The summed E-state index contributed by atoms with van der Waals surface area (Å²) < 4.78 is 0. The summed E-state index contributed by atoms with van der Waals surface area (Å²) in [5.74, 6) is -0.825. The van der Waals surface area contributed by atoms with Crippen molar-refractivity contribution < 1.29 is 14.7 Å². The molecule has 0 saturated heterocycles. The van der Waals surface area contributed by atoms with Gasteiger partial charge in [0.1, 0.15) is 0 Å². The lowest BCUT2D eigenvalue weighted by molar-refractivity contribution is -0.137. The molecule has 118 valence electrons. The molecule has 0 aliphatic rings. The van der Waals surface area contributed by atoms with Crippen LogP contribution in [0.4, 0.5) is 4.79 Å². The molecule has 0 bridgehead atoms. The van der Waals surface area contributed by atoms with Crippen LogP contribution in [-0.2, 0) is 11.2 Å². The van der Waals surface area contributed by atoms with Crippen LogP contribution in [0.2, 0.25) is 0 Å². The highest BCUT2D eigenvalue weighted by Gasteiger charge is 2.23. The summed E-state index contributed by atoms with van der Waals surface area (Å²) in [6.07, 6.45) is 0.739. The number of likely N-dealkylation sites (N-methyl/N-ethyl adjacent to an activating group) is 1. The van der Waals surface area contributed by atoms with E-state index in [1.54, 1.807) is 23.3 Å². The highest BCUT2D eigenvalue weighted by atomic mass is 32.1. The van der Waals surface area contributed by atoms with Gasteiger partial charge in [0, 0.05) is 30.4 Å². The zero-order valence-electron chi connectivity index (χ0n) is 13.0. The Morgan fingerprint density at radius 1 is 1.38 bits per heavy atom. The minimum Gasteiger partial charge on any atom is -0.481 e. The van der Waals surface area contributed by atoms with Gasteiger partial charge >= 0.3 is 12.0 Å². The third-order valence-corrected chi connectivity index (χ3v) is 4.47. The van der Waals surface area contributed by atoms with E-state index in [-0.39, 0.29) is 30.5 Å². The monoisotopic (exact) mass is 312 g/mol. The van der Waals surface area contributed by atoms with Crippen molar-refractivity contribution in [3.8, 4) is 0 Å². The van der Waals surface area contributed by atoms with Crippen molar-refractivity contribution in [3.63, 3.8) is 0 Å². The van der Waals surface area contributed by atoms with E-state index in [0.29, 0.717) is 0 Å². The number of carboxylic acid groups (broad SMARTS) is 1. The van der Waals surface area contributed by atoms with E-state index in [1.807, 2.05) is 38.3 Å². The van der Waals surface area contributed by atoms with Crippen LogP contribution >= 0.6 is 11.3 Å². The van der Waals surface area contributed by atoms with Crippen LogP contribution in [0, 0.1) is 5.92 Å². The van der Waals surface area contributed by atoms with Gasteiger partial charge in [0.25, 0.3) is 0 Å². The number of nitrogens with one attached hydrogen (secondary N) is 1. The molecular weight excluding hydrogens is 288 g/mol. The maximum Gasteiger partial charge on any atom is 0.317 e. The molecule has 0 aliphatic heterocycles. The van der Waals surface area contributed by atoms with Crippen LogP contribution in [0.15, 0.2) is 17.5 Å². The highest BCUT2D eigenvalue weighted by molar-refractivity contribution is 7.09. The first-order valence-electron chi connectivity index (χ1n) is 7.08. The molecule has 1 rings (SSSR count). The Kier molecular flexibility index (Phi) is 6.68. The van der Waals surface area contributed by atoms with Gasteiger partial charge in [-0.25, -0.2) is 4.79 Å². The Balaban J connectivity index is 2.57. The molecule has 5 nitrogen and oxygen atoms in total. The van der Waals surface area contributed by atoms with Gasteiger partial charge in [-0.1, -0.05) is 19.9 Å². The number of carboxylic acids is 1. The Hall–Kier alpha value is -1.56. The molecule has 2 unspecified atom stereocenters. The van der Waals surface area contributed by atoms with Gasteiger partial charge in [-0.05, 0) is 24.3 Å². The van der Waals surface area contributed by atoms with Gasteiger partial charge in [0.15, 0.2) is 0 Å². The van der Waals surface area contributed by atoms with Gasteiger partial charge in [-0.15, -0.1) is 11.3 Å². The van der Waals surface area contributed by atoms with E-state index < -0.39 is 5.97 Å². The zero-order chi connectivity index (χ0) is 16.0. The maximum absolute atomic E-state index is 12.2. The topological polar surface area (TPSA) is 69.6 Å². The van der Waals surface area contributed by atoms with E-state index in [4.69, 9.17) is 5.11 Å². The molecule has 1 aromatic rings. The molecule has 0 radical (unpaired) electrons. The number of urea groups is 1. The fourth-order valence-corrected chi connectivity index (χ4v) is 2.79. The molecule has 2 amide bonds. The standard InChI is InChI=1S/C15H24N2O3S/c1-10(2)13(9-14(18)19)16-15(20)17(4)11(3)8-12-6-5-7-21-12/h5-7,10-11,13H,8-9H2,1-4H3,(H,16,20)(H,18,19). The Bertz CT molecular complexity index is 459. The lowest BCUT2D eigenvalue weighted by Gasteiger charge is -2.29. The van der Waals surface area contributed by atoms with E-state index in [2.05, 4.69) is 5.32 Å². The zero-order valence-corrected chi connectivity index (χ0v) is 13.8. The fraction of sp³-hybridized carbons (Fsp3) is 0.600. The number of nitrogens with zero attached hydrogens (tertiary/aromatic N) is 1. The summed E-state index contributed by atoms with van der Waals surface area (Å²) in [4.78, 5) is 25.9. The molecule has 0 aromatic carbocycles. The molecule has 1 heterocycles. The first-order valence-corrected chi connectivity index (χ1v) is 7.96. The number of thiophene rings is 1. The minimum atomic E-state index is -0.900. The largest absolute Gasteiger partial charge is 0.481 e. The smallest absolute Gasteiger partial charge is 0.317 e. The average molecular weight is 312 g/mol. The van der Waals surface area contributed by atoms with Crippen molar-refractivity contribution in [3.05, 3.63) is 22.4 Å². The second kappa shape index (κ2) is 8.02. The lowest BCUT2D eigenvalue weighted by Crippen LogP contribution is -2.49. The van der Waals surface area contributed by atoms with Crippen LogP contribution in [0.25, 0.3) is 0 Å². The van der Waals surface area contributed by atoms with Crippen molar-refractivity contribution in [2.24, 2.45) is 5.92 Å². The Morgan fingerprint density at radius 3 is 2.52 bits per heavy atom. The molecular formula is C15H24N2O3S. The minimum absolute atomic E-state index is 0.0568. The number of carbonyl (C=O) groups excluding carboxylic acids is 1. The number of carbonyl (C=O) groups is 2. The van der Waals surface area contributed by atoms with E-state index >= 15 is 0 Å². The van der Waals surface area contributed by atoms with Crippen molar-refractivity contribution in [2.75, 3.05) is 7.05 Å². The average Bonchev–Trinajstić information content (AvgIpc) is 2.88. The molecule has 2 N–H and O–H groups in total. The fourth-order valence-electron chi connectivity index (χ4n) is 1.96. The van der Waals surface area contributed by atoms with Crippen molar-refractivity contribution in [1.82, 2.24) is 10.2 Å². The van der Waals surface area contributed by atoms with Crippen LogP contribution in [0.3, 0.4) is 0 Å². The second-order valence-electron chi connectivity index (χ2n) is 5.64. The summed E-state index contributed by atoms with van der Waals surface area (Å²) in [6, 6.07) is 3.52. The molecule has 0 aliphatic carbocycles. The van der Waals surface area contributed by atoms with E-state index in [0.717, 1.165) is 6.42 Å². The summed E-state index contributed by atoms with van der Waals surface area (Å²) >= 11 is 1.67. The van der Waals surface area contributed by atoms with Crippen LogP contribution in [-0.4, -0.2) is 41.1 Å². The summed E-state index contributed by atoms with van der Waals surface area (Å²) in [5, 5.41) is 13.7. The summed E-state index contributed by atoms with van der Waals surface area (Å²) in [5.41, 5.74) is 0. The van der Waals surface area contributed by atoms with Crippen LogP contribution < -0.4 is 5.32 Å². The number of rotatable bonds is 7. The molecule has 1 aromatic heterocycles. The Morgan fingerprint density at radius 2 is 2.05 bits per heavy atom. The van der Waals surface area contributed by atoms with Gasteiger partial charge < -0.3 is 15.3 Å². The second-order valence-corrected chi connectivity index (χ2v) is 6.67. The molecule has 21 heavy (non-hydrogen) atoms. The van der Waals surface area contributed by atoms with Crippen molar-refractivity contribution in [1.29, 1.82) is 0 Å². The Labute approximate surface area is 130 Å². The van der Waals surface area contributed by atoms with Gasteiger partial charge in [-0.2, -0.15) is 0 Å². The molecule has 0 fully saturated rings. The normalized spacial score (nSPS) is 13.8. The summed E-state index contributed by atoms with van der Waals surface area (Å²) in [6.45, 7) is 5.80. The molecule has 6 heteroatoms. The van der Waals surface area contributed by atoms with Crippen LogP contribution in [0.1, 0.15) is 32.1 Å².